The van der Waals surface area contributed by atoms with Crippen LogP contribution in [-0.2, 0) is 0 Å². The van der Waals surface area contributed by atoms with E-state index in [2.05, 4.69) is 10.2 Å². The van der Waals surface area contributed by atoms with Crippen LogP contribution in [0.5, 0.6) is 5.75 Å². The minimum atomic E-state index is -0.974. The third kappa shape index (κ3) is 8.76. The van der Waals surface area contributed by atoms with Crippen LogP contribution in [0, 0.1) is 0 Å². The van der Waals surface area contributed by atoms with Gasteiger partial charge in [0, 0.05) is 23.9 Å². The molecule has 0 amide bonds. The molecule has 0 spiro atoms. The van der Waals surface area contributed by atoms with E-state index in [-0.39, 0.29) is 24.4 Å². The van der Waals surface area contributed by atoms with Crippen molar-refractivity contribution < 1.29 is 43.4 Å². The third-order valence-electron chi connectivity index (χ3n) is 5.97. The van der Waals surface area contributed by atoms with Gasteiger partial charge in [-0.3, -0.25) is 0 Å². The van der Waals surface area contributed by atoms with Crippen LogP contribution in [0.2, 0.25) is 0 Å². The fourth-order valence-corrected chi connectivity index (χ4v) is 4.16. The van der Waals surface area contributed by atoms with E-state index < -0.39 is 11.9 Å². The van der Waals surface area contributed by atoms with Gasteiger partial charge in [0.1, 0.15) is 11.3 Å². The zero-order valence-corrected chi connectivity index (χ0v) is 23.8. The predicted molar refractivity (Wildman–Crippen MR) is 156 cm³/mol. The number of anilines is 1. The van der Waals surface area contributed by atoms with Crippen LogP contribution in [0.15, 0.2) is 72.8 Å². The second-order valence-electron chi connectivity index (χ2n) is 8.19. The predicted octanol–water partition coefficient (Wildman–Crippen LogP) is 4.33. The minimum Gasteiger partial charge on any atom is -0.663 e. The number of carboxylic acid groups (broad SMARTS) is 2. The van der Waals surface area contributed by atoms with Crippen molar-refractivity contribution in [3.63, 3.8) is 0 Å². The Morgan fingerprint density at radius 1 is 0.718 bits per heavy atom. The van der Waals surface area contributed by atoms with E-state index in [1.165, 1.54) is 7.11 Å². The number of aromatic carboxylic acids is 2. The molecule has 0 fully saturated rings. The molecule has 0 saturated heterocycles. The average molecular weight is 525 g/mol. The molecule has 0 unspecified atom stereocenters. The van der Waals surface area contributed by atoms with Crippen LogP contribution in [0.3, 0.4) is 0 Å². The summed E-state index contributed by atoms with van der Waals surface area (Å²) < 4.78 is 5.14. The van der Waals surface area contributed by atoms with E-state index in [1.54, 1.807) is 18.2 Å². The van der Waals surface area contributed by atoms with Crippen molar-refractivity contribution in [2.45, 2.75) is 27.7 Å². The molecule has 2 N–H and O–H groups in total. The van der Waals surface area contributed by atoms with Crippen molar-refractivity contribution in [2.75, 3.05) is 38.2 Å². The van der Waals surface area contributed by atoms with Gasteiger partial charge in [0.25, 0.3) is 0 Å². The molecule has 39 heavy (non-hydrogen) atoms. The maximum atomic E-state index is 11.4. The summed E-state index contributed by atoms with van der Waals surface area (Å²) in [4.78, 5) is 24.4. The number of hydrogen-bond donors (Lipinski definition) is 2. The molecule has 0 heterocycles. The largest absolute Gasteiger partial charge is 1.00 e. The number of ether oxygens (including phenoxy) is 1. The fraction of sp³-hybridized carbons (Fsp3) is 0.290. The summed E-state index contributed by atoms with van der Waals surface area (Å²) in [6.07, 6.45) is 0. The number of fused-ring (bicyclic) bond motifs is 2. The summed E-state index contributed by atoms with van der Waals surface area (Å²) in [5.41, 5.74) is 1.39. The summed E-state index contributed by atoms with van der Waals surface area (Å²) in [5, 5.41) is 26.2. The van der Waals surface area contributed by atoms with Gasteiger partial charge in [0.2, 0.25) is 0 Å². The monoisotopic (exact) mass is 524 g/mol. The molecule has 4 aromatic carbocycles. The van der Waals surface area contributed by atoms with Gasteiger partial charge in [0.15, 0.2) is 0 Å². The first-order valence-electron chi connectivity index (χ1n) is 12.8. The van der Waals surface area contributed by atoms with E-state index in [4.69, 9.17) is 9.84 Å². The Morgan fingerprint density at radius 3 is 1.62 bits per heavy atom. The van der Waals surface area contributed by atoms with Gasteiger partial charge in [-0.2, -0.15) is 13.1 Å². The number of benzene rings is 4. The fourth-order valence-electron chi connectivity index (χ4n) is 4.16. The van der Waals surface area contributed by atoms with Crippen LogP contribution in [-0.4, -0.2) is 55.4 Å². The molecule has 0 saturated carbocycles. The van der Waals surface area contributed by atoms with Gasteiger partial charge in [-0.1, -0.05) is 74.5 Å². The molecule has 8 heteroatoms. The molecule has 4 rings (SSSR count). The number of rotatable bonds is 8. The topological polar surface area (TPSA) is 101 Å². The third-order valence-corrected chi connectivity index (χ3v) is 5.97. The number of nitrogens with zero attached hydrogens (tertiary/aromatic N) is 2. The molecule has 0 atom stereocenters. The van der Waals surface area contributed by atoms with E-state index in [0.29, 0.717) is 11.3 Å². The Morgan fingerprint density at radius 2 is 1.18 bits per heavy atom. The molecule has 0 radical (unpaired) electrons. The van der Waals surface area contributed by atoms with Crippen LogP contribution >= 0.6 is 0 Å². The van der Waals surface area contributed by atoms with Crippen molar-refractivity contribution in [1.82, 2.24) is 0 Å². The molecular weight excluding hydrogens is 487 g/mol. The van der Waals surface area contributed by atoms with Crippen LogP contribution in [0.4, 0.5) is 5.69 Å². The molecule has 202 valence electrons. The maximum Gasteiger partial charge on any atom is 1.00 e. The normalized spacial score (nSPS) is 9.87. The Balaban J connectivity index is 0.000000329. The van der Waals surface area contributed by atoms with Gasteiger partial charge in [-0.15, -0.1) is 0 Å². The van der Waals surface area contributed by atoms with Gasteiger partial charge < -0.3 is 25.2 Å². The standard InChI is InChI=1S/C15H17NO2.C12H10O3.C4H10N.Li/c1-3-16(4-2)14-12-8-6-5-7-11(12)9-10-13(14)15(17)18;1-15-11-9-5-3-2-4-8(9)6-7-10(11)12(13)14;1-3-5-4-2;/h5-10H,3-4H2,1-2H3,(H,17,18);2-7H,1H3,(H,13,14);3-4H2,1-2H3;/q;;-1;+1. The zero-order valence-electron chi connectivity index (χ0n) is 23.8. The Kier molecular flexibility index (Phi) is 14.7. The first-order chi connectivity index (χ1) is 18.3. The molecule has 0 aliphatic heterocycles. The van der Waals surface area contributed by atoms with E-state index in [9.17, 15) is 14.7 Å². The molecule has 0 aliphatic rings. The van der Waals surface area contributed by atoms with E-state index >= 15 is 0 Å². The second-order valence-corrected chi connectivity index (χ2v) is 8.19. The van der Waals surface area contributed by atoms with Crippen molar-refractivity contribution in [1.29, 1.82) is 0 Å². The first kappa shape index (κ1) is 33.5. The van der Waals surface area contributed by atoms with Crippen molar-refractivity contribution in [3.05, 3.63) is 89.2 Å². The zero-order chi connectivity index (χ0) is 28.1. The summed E-state index contributed by atoms with van der Waals surface area (Å²) >= 11 is 0. The van der Waals surface area contributed by atoms with Gasteiger partial charge >= 0.3 is 30.8 Å². The average Bonchev–Trinajstić information content (AvgIpc) is 2.94. The summed E-state index contributed by atoms with van der Waals surface area (Å²) in [7, 11) is 1.48. The number of carbonyl (C=O) groups is 2. The second kappa shape index (κ2) is 17.2. The van der Waals surface area contributed by atoms with Gasteiger partial charge in [-0.25, -0.2) is 9.59 Å². The number of carboxylic acids is 2. The Bertz CT molecular complexity index is 1350. The van der Waals surface area contributed by atoms with E-state index in [0.717, 1.165) is 53.4 Å². The van der Waals surface area contributed by atoms with Crippen molar-refractivity contribution in [2.24, 2.45) is 0 Å². The quantitative estimate of drug-likeness (QED) is 0.333. The van der Waals surface area contributed by atoms with Crippen LogP contribution in [0.1, 0.15) is 48.4 Å². The van der Waals surface area contributed by atoms with Crippen molar-refractivity contribution in [3.8, 4) is 5.75 Å². The summed E-state index contributed by atoms with van der Waals surface area (Å²) in [5.74, 6) is -1.43. The molecule has 0 bridgehead atoms. The molecule has 7 nitrogen and oxygen atoms in total. The minimum absolute atomic E-state index is 0. The summed E-state index contributed by atoms with van der Waals surface area (Å²) in [6, 6.07) is 22.3. The van der Waals surface area contributed by atoms with Gasteiger partial charge in [-0.05, 0) is 36.8 Å². The van der Waals surface area contributed by atoms with Gasteiger partial charge in [0.05, 0.1) is 18.4 Å². The SMILES string of the molecule is CCN(CC)c1c(C(=O)O)ccc2ccccc12.CC[N-]CC.COc1c(C(=O)O)ccc2ccccc12.[Li+]. The molecule has 4 aromatic rings. The Labute approximate surface area is 243 Å². The first-order valence-corrected chi connectivity index (χ1v) is 12.8. The number of methoxy groups -OCH3 is 1. The van der Waals surface area contributed by atoms with Crippen molar-refractivity contribution >= 4 is 39.2 Å². The maximum absolute atomic E-state index is 11.4. The smallest absolute Gasteiger partial charge is 0.663 e. The van der Waals surface area contributed by atoms with Crippen LogP contribution < -0.4 is 28.5 Å². The van der Waals surface area contributed by atoms with E-state index in [1.807, 2.05) is 82.3 Å². The van der Waals surface area contributed by atoms with Crippen LogP contribution in [0.25, 0.3) is 26.9 Å². The number of hydrogen-bond acceptors (Lipinski definition) is 4. The molecule has 0 aromatic heterocycles. The molecule has 0 aliphatic carbocycles. The summed E-state index contributed by atoms with van der Waals surface area (Å²) in [6.45, 7) is 11.7. The molecular formula is C31H37LiN2O5. The Hall–Kier alpha value is -3.50.